The zero-order valence-corrected chi connectivity index (χ0v) is 19.4. The van der Waals surface area contributed by atoms with E-state index in [-0.39, 0.29) is 16.9 Å². The van der Waals surface area contributed by atoms with Gasteiger partial charge in [-0.3, -0.25) is 14.9 Å². The van der Waals surface area contributed by atoms with Gasteiger partial charge in [-0.1, -0.05) is 44.2 Å². The quantitative estimate of drug-likeness (QED) is 0.387. The number of carbonyl (C=O) groups excluding carboxylic acids is 2. The molecule has 0 aromatic heterocycles. The number of thiocarbonyl (C=S) groups is 1. The smallest absolute Gasteiger partial charge is 0.257 e. The molecule has 0 aliphatic rings. The zero-order valence-electron chi connectivity index (χ0n) is 18.6. The Morgan fingerprint density at radius 2 is 1.48 bits per heavy atom. The molecule has 0 bridgehead atoms. The molecule has 0 radical (unpaired) electrons. The molecule has 3 rings (SSSR count). The second-order valence-electron chi connectivity index (χ2n) is 7.87. The lowest BCUT2D eigenvalue weighted by Crippen LogP contribution is -2.34. The number of para-hydroxylation sites is 1. The third kappa shape index (κ3) is 7.73. The minimum atomic E-state index is -0.347. The molecular formula is C26H27N3O3S. The van der Waals surface area contributed by atoms with Gasteiger partial charge in [0.15, 0.2) is 5.11 Å². The van der Waals surface area contributed by atoms with Crippen LogP contribution in [0.4, 0.5) is 11.4 Å². The monoisotopic (exact) mass is 461 g/mol. The molecule has 0 saturated heterocycles. The summed E-state index contributed by atoms with van der Waals surface area (Å²) >= 11 is 5.28. The van der Waals surface area contributed by atoms with E-state index in [1.54, 1.807) is 42.5 Å². The van der Waals surface area contributed by atoms with Crippen molar-refractivity contribution < 1.29 is 14.3 Å². The van der Waals surface area contributed by atoms with Gasteiger partial charge in [-0.2, -0.15) is 0 Å². The number of rotatable bonds is 8. The number of nitrogens with one attached hydrogen (secondary N) is 3. The molecule has 7 heteroatoms. The van der Waals surface area contributed by atoms with E-state index in [1.165, 1.54) is 0 Å². The lowest BCUT2D eigenvalue weighted by Gasteiger charge is -2.12. The molecule has 0 spiro atoms. The van der Waals surface area contributed by atoms with Crippen LogP contribution in [0.2, 0.25) is 0 Å². The van der Waals surface area contributed by atoms with Crippen LogP contribution in [-0.4, -0.2) is 23.5 Å². The molecule has 3 N–H and O–H groups in total. The van der Waals surface area contributed by atoms with Crippen LogP contribution < -0.4 is 20.7 Å². The van der Waals surface area contributed by atoms with Gasteiger partial charge < -0.3 is 15.4 Å². The molecule has 3 aromatic carbocycles. The van der Waals surface area contributed by atoms with Crippen LogP contribution in [0.5, 0.6) is 5.75 Å². The summed E-state index contributed by atoms with van der Waals surface area (Å²) in [6, 6.07) is 23.1. The first kappa shape index (κ1) is 23.9. The van der Waals surface area contributed by atoms with E-state index in [0.29, 0.717) is 40.8 Å². The van der Waals surface area contributed by atoms with Crippen molar-refractivity contribution in [2.75, 3.05) is 17.2 Å². The molecule has 33 heavy (non-hydrogen) atoms. The van der Waals surface area contributed by atoms with Crippen LogP contribution in [-0.2, 0) is 0 Å². The first-order valence-corrected chi connectivity index (χ1v) is 11.1. The molecule has 0 unspecified atom stereocenters. The standard InChI is InChI=1S/C26H27N3O3S/c1-18(2)14-15-32-23-13-7-9-20(17-23)25(31)29-26(33)28-22-12-6-8-19(16-22)24(30)27-21-10-4-3-5-11-21/h3-13,16-18H,14-15H2,1-2H3,(H,27,30)(H2,28,29,31,33). The minimum absolute atomic E-state index is 0.131. The van der Waals surface area contributed by atoms with Crippen molar-refractivity contribution in [3.8, 4) is 5.75 Å². The van der Waals surface area contributed by atoms with Crippen molar-refractivity contribution in [2.24, 2.45) is 5.92 Å². The summed E-state index contributed by atoms with van der Waals surface area (Å²) in [4.78, 5) is 25.1. The Bertz CT molecular complexity index is 1120. The van der Waals surface area contributed by atoms with E-state index in [4.69, 9.17) is 17.0 Å². The summed E-state index contributed by atoms with van der Waals surface area (Å²) in [6.45, 7) is 4.86. The number of hydrogen-bond donors (Lipinski definition) is 3. The Kier molecular flexibility index (Phi) is 8.55. The number of hydrogen-bond acceptors (Lipinski definition) is 4. The summed E-state index contributed by atoms with van der Waals surface area (Å²) in [5, 5.41) is 8.58. The number of ether oxygens (including phenoxy) is 1. The summed E-state index contributed by atoms with van der Waals surface area (Å²) in [5.74, 6) is 0.594. The first-order chi connectivity index (χ1) is 15.9. The fourth-order valence-corrected chi connectivity index (χ4v) is 3.15. The molecule has 3 aromatic rings. The lowest BCUT2D eigenvalue weighted by atomic mass is 10.1. The molecular weight excluding hydrogens is 434 g/mol. The van der Waals surface area contributed by atoms with Gasteiger partial charge >= 0.3 is 0 Å². The number of anilines is 2. The average molecular weight is 462 g/mol. The molecule has 0 heterocycles. The van der Waals surface area contributed by atoms with Gasteiger partial charge in [0, 0.05) is 22.5 Å². The van der Waals surface area contributed by atoms with Crippen LogP contribution in [0, 0.1) is 5.92 Å². The van der Waals surface area contributed by atoms with Crippen molar-refractivity contribution in [3.05, 3.63) is 90.0 Å². The second-order valence-corrected chi connectivity index (χ2v) is 8.28. The molecule has 2 amide bonds. The molecule has 0 fully saturated rings. The third-order valence-electron chi connectivity index (χ3n) is 4.70. The Morgan fingerprint density at radius 1 is 0.818 bits per heavy atom. The Morgan fingerprint density at radius 3 is 2.21 bits per heavy atom. The molecule has 0 atom stereocenters. The Balaban J connectivity index is 1.57. The predicted octanol–water partition coefficient (Wildman–Crippen LogP) is 5.49. The third-order valence-corrected chi connectivity index (χ3v) is 4.91. The average Bonchev–Trinajstić information content (AvgIpc) is 2.80. The summed E-state index contributed by atoms with van der Waals surface area (Å²) in [5.41, 5.74) is 2.20. The largest absolute Gasteiger partial charge is 0.494 e. The molecule has 6 nitrogen and oxygen atoms in total. The lowest BCUT2D eigenvalue weighted by molar-refractivity contribution is 0.0975. The minimum Gasteiger partial charge on any atom is -0.494 e. The SMILES string of the molecule is CC(C)CCOc1cccc(C(=O)NC(=S)Nc2cccc(C(=O)Nc3ccccc3)c2)c1. The number of amides is 2. The molecule has 0 aliphatic carbocycles. The predicted molar refractivity (Wildman–Crippen MR) is 136 cm³/mol. The van der Waals surface area contributed by atoms with Crippen molar-refractivity contribution in [3.63, 3.8) is 0 Å². The van der Waals surface area contributed by atoms with Crippen molar-refractivity contribution in [1.29, 1.82) is 0 Å². The molecule has 0 saturated carbocycles. The van der Waals surface area contributed by atoms with E-state index in [0.717, 1.165) is 6.42 Å². The van der Waals surface area contributed by atoms with Crippen molar-refractivity contribution in [1.82, 2.24) is 5.32 Å². The summed E-state index contributed by atoms with van der Waals surface area (Å²) in [7, 11) is 0. The highest BCUT2D eigenvalue weighted by atomic mass is 32.1. The fourth-order valence-electron chi connectivity index (χ4n) is 2.94. The van der Waals surface area contributed by atoms with Gasteiger partial charge in [-0.05, 0) is 73.1 Å². The maximum Gasteiger partial charge on any atom is 0.257 e. The highest BCUT2D eigenvalue weighted by Gasteiger charge is 2.11. The number of carbonyl (C=O) groups is 2. The van der Waals surface area contributed by atoms with Gasteiger partial charge in [0.1, 0.15) is 5.75 Å². The molecule has 0 aliphatic heterocycles. The fraction of sp³-hybridized carbons (Fsp3) is 0.192. The van der Waals surface area contributed by atoms with Crippen molar-refractivity contribution >= 4 is 40.5 Å². The van der Waals surface area contributed by atoms with Gasteiger partial charge in [0.05, 0.1) is 6.61 Å². The Labute approximate surface area is 199 Å². The molecule has 170 valence electrons. The topological polar surface area (TPSA) is 79.5 Å². The summed E-state index contributed by atoms with van der Waals surface area (Å²) in [6.07, 6.45) is 0.937. The second kappa shape index (κ2) is 11.8. The van der Waals surface area contributed by atoms with Gasteiger partial charge in [-0.15, -0.1) is 0 Å². The van der Waals surface area contributed by atoms with E-state index >= 15 is 0 Å². The van der Waals surface area contributed by atoms with Crippen LogP contribution >= 0.6 is 12.2 Å². The van der Waals surface area contributed by atoms with Crippen LogP contribution in [0.15, 0.2) is 78.9 Å². The van der Waals surface area contributed by atoms with E-state index < -0.39 is 0 Å². The van der Waals surface area contributed by atoms with Crippen molar-refractivity contribution in [2.45, 2.75) is 20.3 Å². The Hall–Kier alpha value is -3.71. The van der Waals surface area contributed by atoms with E-state index in [2.05, 4.69) is 29.8 Å². The highest BCUT2D eigenvalue weighted by Crippen LogP contribution is 2.16. The van der Waals surface area contributed by atoms with Gasteiger partial charge in [0.25, 0.3) is 11.8 Å². The maximum atomic E-state index is 12.6. The summed E-state index contributed by atoms with van der Waals surface area (Å²) < 4.78 is 5.72. The van der Waals surface area contributed by atoms with Crippen LogP contribution in [0.1, 0.15) is 41.0 Å². The van der Waals surface area contributed by atoms with E-state index in [9.17, 15) is 9.59 Å². The number of benzene rings is 3. The van der Waals surface area contributed by atoms with Gasteiger partial charge in [0.2, 0.25) is 0 Å². The van der Waals surface area contributed by atoms with E-state index in [1.807, 2.05) is 36.4 Å². The van der Waals surface area contributed by atoms with Crippen LogP contribution in [0.3, 0.4) is 0 Å². The first-order valence-electron chi connectivity index (χ1n) is 10.7. The zero-order chi connectivity index (χ0) is 23.6. The van der Waals surface area contributed by atoms with Crippen LogP contribution in [0.25, 0.3) is 0 Å². The maximum absolute atomic E-state index is 12.6. The normalized spacial score (nSPS) is 10.4. The van der Waals surface area contributed by atoms with Gasteiger partial charge in [-0.25, -0.2) is 0 Å². The highest BCUT2D eigenvalue weighted by molar-refractivity contribution is 7.80.